The third-order valence-corrected chi connectivity index (χ3v) is 3.06. The van der Waals surface area contributed by atoms with Crippen molar-refractivity contribution in [1.82, 2.24) is 5.32 Å². The summed E-state index contributed by atoms with van der Waals surface area (Å²) in [5.41, 5.74) is 1.19. The van der Waals surface area contributed by atoms with E-state index < -0.39 is 0 Å². The van der Waals surface area contributed by atoms with E-state index in [4.69, 9.17) is 14.6 Å². The van der Waals surface area contributed by atoms with Crippen molar-refractivity contribution in [3.63, 3.8) is 0 Å². The first-order chi connectivity index (χ1) is 8.74. The second-order valence-corrected chi connectivity index (χ2v) is 4.72. The van der Waals surface area contributed by atoms with Crippen LogP contribution in [0.2, 0.25) is 0 Å². The molecule has 0 radical (unpaired) electrons. The summed E-state index contributed by atoms with van der Waals surface area (Å²) in [7, 11) is 0. The van der Waals surface area contributed by atoms with Gasteiger partial charge in [0.05, 0.1) is 12.6 Å². The predicted octanol–water partition coefficient (Wildman–Crippen LogP) is 1.74. The molecule has 1 aliphatic heterocycles. The normalized spacial score (nSPS) is 19.2. The molecule has 1 aromatic rings. The van der Waals surface area contributed by atoms with Crippen molar-refractivity contribution in [2.75, 3.05) is 26.4 Å². The maximum absolute atomic E-state index is 8.95. The maximum Gasteiger partial charge on any atom is 0.127 e. The van der Waals surface area contributed by atoms with E-state index in [0.29, 0.717) is 13.2 Å². The molecule has 100 valence electrons. The summed E-state index contributed by atoms with van der Waals surface area (Å²) >= 11 is 0. The third-order valence-electron chi connectivity index (χ3n) is 3.06. The van der Waals surface area contributed by atoms with Crippen LogP contribution in [-0.2, 0) is 0 Å². The molecule has 0 aliphatic carbocycles. The summed E-state index contributed by atoms with van der Waals surface area (Å²) in [5, 5.41) is 12.3. The summed E-state index contributed by atoms with van der Waals surface area (Å²) in [5.74, 6) is 1.84. The van der Waals surface area contributed by atoms with Crippen LogP contribution in [0.3, 0.4) is 0 Å². The summed E-state index contributed by atoms with van der Waals surface area (Å²) in [6, 6.07) is 6.23. The number of aliphatic hydroxyl groups is 1. The fourth-order valence-electron chi connectivity index (χ4n) is 1.99. The minimum absolute atomic E-state index is 0.143. The van der Waals surface area contributed by atoms with Crippen molar-refractivity contribution < 1.29 is 14.6 Å². The quantitative estimate of drug-likeness (QED) is 0.808. The summed E-state index contributed by atoms with van der Waals surface area (Å²) in [6.45, 7) is 6.31. The molecule has 2 N–H and O–H groups in total. The molecule has 0 amide bonds. The maximum atomic E-state index is 8.95. The lowest BCUT2D eigenvalue weighted by molar-refractivity contribution is 0.174. The molecule has 0 saturated carbocycles. The number of rotatable bonds is 6. The molecule has 2 rings (SSSR count). The summed E-state index contributed by atoms with van der Waals surface area (Å²) in [6.07, 6.45) is 0. The van der Waals surface area contributed by atoms with E-state index in [1.807, 2.05) is 19.1 Å². The van der Waals surface area contributed by atoms with Crippen molar-refractivity contribution >= 4 is 0 Å². The largest absolute Gasteiger partial charge is 0.493 e. The Morgan fingerprint density at radius 3 is 3.11 bits per heavy atom. The van der Waals surface area contributed by atoms with Crippen LogP contribution in [0.4, 0.5) is 0 Å². The van der Waals surface area contributed by atoms with Crippen molar-refractivity contribution in [2.45, 2.75) is 19.9 Å². The van der Waals surface area contributed by atoms with Crippen LogP contribution in [0.5, 0.6) is 11.5 Å². The number of fused-ring (bicyclic) bond motifs is 1. The lowest BCUT2D eigenvalue weighted by Crippen LogP contribution is -2.21. The first-order valence-electron chi connectivity index (χ1n) is 6.48. The lowest BCUT2D eigenvalue weighted by Gasteiger charge is -2.12. The number of aliphatic hydroxyl groups excluding tert-OH is 1. The van der Waals surface area contributed by atoms with Crippen LogP contribution in [-0.4, -0.2) is 31.5 Å². The van der Waals surface area contributed by atoms with Gasteiger partial charge in [0.25, 0.3) is 0 Å². The third kappa shape index (κ3) is 2.94. The van der Waals surface area contributed by atoms with Gasteiger partial charge in [0.15, 0.2) is 0 Å². The molecular formula is C14H21NO3. The van der Waals surface area contributed by atoms with Crippen LogP contribution in [0.15, 0.2) is 18.2 Å². The van der Waals surface area contributed by atoms with E-state index in [9.17, 15) is 0 Å². The van der Waals surface area contributed by atoms with Gasteiger partial charge in [-0.05, 0) is 18.7 Å². The predicted molar refractivity (Wildman–Crippen MR) is 70.1 cm³/mol. The van der Waals surface area contributed by atoms with Gasteiger partial charge in [-0.25, -0.2) is 0 Å². The summed E-state index contributed by atoms with van der Waals surface area (Å²) < 4.78 is 11.3. The van der Waals surface area contributed by atoms with Gasteiger partial charge in [0.2, 0.25) is 0 Å². The smallest absolute Gasteiger partial charge is 0.127 e. The standard InChI is InChI=1S/C14H21NO3/c1-3-15-13-9-18-14-6-11(4-5-12(13)14)17-8-10(2)7-16/h4-6,10,13,15-16H,3,7-9H2,1-2H3. The molecule has 1 aliphatic rings. The van der Waals surface area contributed by atoms with Crippen molar-refractivity contribution in [3.05, 3.63) is 23.8 Å². The highest BCUT2D eigenvalue weighted by molar-refractivity contribution is 5.45. The Labute approximate surface area is 108 Å². The zero-order valence-corrected chi connectivity index (χ0v) is 11.0. The molecule has 4 heteroatoms. The topological polar surface area (TPSA) is 50.7 Å². The first kappa shape index (κ1) is 13.2. The molecule has 1 heterocycles. The molecular weight excluding hydrogens is 230 g/mol. The lowest BCUT2D eigenvalue weighted by atomic mass is 10.1. The van der Waals surface area contributed by atoms with Crippen LogP contribution < -0.4 is 14.8 Å². The Bertz CT molecular complexity index is 395. The number of ether oxygens (including phenoxy) is 2. The number of likely N-dealkylation sites (N-methyl/N-ethyl adjacent to an activating group) is 1. The molecule has 0 aromatic heterocycles. The van der Waals surface area contributed by atoms with Crippen LogP contribution in [0.25, 0.3) is 0 Å². The molecule has 2 atom stereocenters. The molecule has 1 aromatic carbocycles. The van der Waals surface area contributed by atoms with E-state index in [1.54, 1.807) is 0 Å². The minimum atomic E-state index is 0.143. The Morgan fingerprint density at radius 1 is 1.56 bits per heavy atom. The fourth-order valence-corrected chi connectivity index (χ4v) is 1.99. The van der Waals surface area contributed by atoms with Crippen LogP contribution in [0.1, 0.15) is 25.5 Å². The van der Waals surface area contributed by atoms with E-state index in [2.05, 4.69) is 18.3 Å². The van der Waals surface area contributed by atoms with Gasteiger partial charge in [0, 0.05) is 24.2 Å². The van der Waals surface area contributed by atoms with Gasteiger partial charge >= 0.3 is 0 Å². The number of hydrogen-bond donors (Lipinski definition) is 2. The van der Waals surface area contributed by atoms with Crippen molar-refractivity contribution in [3.8, 4) is 11.5 Å². The number of benzene rings is 1. The molecule has 0 saturated heterocycles. The van der Waals surface area contributed by atoms with E-state index in [0.717, 1.165) is 18.0 Å². The van der Waals surface area contributed by atoms with E-state index in [1.165, 1.54) is 5.56 Å². The first-order valence-corrected chi connectivity index (χ1v) is 6.48. The Balaban J connectivity index is 2.00. The Morgan fingerprint density at radius 2 is 2.39 bits per heavy atom. The Kier molecular flexibility index (Phi) is 4.44. The highest BCUT2D eigenvalue weighted by Gasteiger charge is 2.23. The molecule has 2 unspecified atom stereocenters. The highest BCUT2D eigenvalue weighted by Crippen LogP contribution is 2.35. The summed E-state index contributed by atoms with van der Waals surface area (Å²) in [4.78, 5) is 0. The average Bonchev–Trinajstić information content (AvgIpc) is 2.79. The van der Waals surface area contributed by atoms with Crippen molar-refractivity contribution in [2.24, 2.45) is 5.92 Å². The molecule has 0 bridgehead atoms. The van der Waals surface area contributed by atoms with Crippen LogP contribution >= 0.6 is 0 Å². The molecule has 4 nitrogen and oxygen atoms in total. The zero-order valence-electron chi connectivity index (χ0n) is 11.0. The minimum Gasteiger partial charge on any atom is -0.493 e. The van der Waals surface area contributed by atoms with Crippen LogP contribution in [0, 0.1) is 5.92 Å². The molecule has 18 heavy (non-hydrogen) atoms. The van der Waals surface area contributed by atoms with Gasteiger partial charge in [-0.15, -0.1) is 0 Å². The number of nitrogens with one attached hydrogen (secondary N) is 1. The molecule has 0 spiro atoms. The van der Waals surface area contributed by atoms with E-state index in [-0.39, 0.29) is 18.6 Å². The average molecular weight is 251 g/mol. The van der Waals surface area contributed by atoms with Gasteiger partial charge in [0.1, 0.15) is 18.1 Å². The highest BCUT2D eigenvalue weighted by atomic mass is 16.5. The van der Waals surface area contributed by atoms with Gasteiger partial charge in [-0.1, -0.05) is 13.8 Å². The van der Waals surface area contributed by atoms with Gasteiger partial charge in [-0.3, -0.25) is 0 Å². The SMILES string of the molecule is CCNC1COc2cc(OCC(C)CO)ccc21. The molecule has 0 fully saturated rings. The number of hydrogen-bond acceptors (Lipinski definition) is 4. The van der Waals surface area contributed by atoms with Gasteiger partial charge in [-0.2, -0.15) is 0 Å². The zero-order chi connectivity index (χ0) is 13.0. The van der Waals surface area contributed by atoms with Crippen molar-refractivity contribution in [1.29, 1.82) is 0 Å². The second-order valence-electron chi connectivity index (χ2n) is 4.72. The monoisotopic (exact) mass is 251 g/mol. The second kappa shape index (κ2) is 6.07. The van der Waals surface area contributed by atoms with E-state index >= 15 is 0 Å². The Hall–Kier alpha value is -1.26. The van der Waals surface area contributed by atoms with Gasteiger partial charge < -0.3 is 19.9 Å². The fraction of sp³-hybridized carbons (Fsp3) is 0.571.